The van der Waals surface area contributed by atoms with Crippen LogP contribution in [0, 0.1) is 13.8 Å². The molecule has 2 rings (SSSR count). The van der Waals surface area contributed by atoms with Crippen molar-refractivity contribution in [2.75, 3.05) is 10.8 Å². The number of amides is 1. The SMILES string of the molecule is Cc1ccc(S(=O)(=O)N(CC(=O)NN)c2ccc(Cl)cc2C)cc1. The average Bonchev–Trinajstić information content (AvgIpc) is 2.53. The first kappa shape index (κ1) is 18.3. The Morgan fingerprint density at radius 1 is 1.17 bits per heavy atom. The third kappa shape index (κ3) is 3.87. The molecule has 0 unspecified atom stereocenters. The first-order chi connectivity index (χ1) is 11.3. The van der Waals surface area contributed by atoms with Gasteiger partial charge in [-0.25, -0.2) is 14.3 Å². The highest BCUT2D eigenvalue weighted by molar-refractivity contribution is 7.92. The van der Waals surface area contributed by atoms with E-state index < -0.39 is 22.5 Å². The number of aryl methyl sites for hydroxylation is 2. The number of rotatable bonds is 5. The van der Waals surface area contributed by atoms with Crippen molar-refractivity contribution in [3.05, 3.63) is 58.6 Å². The predicted molar refractivity (Wildman–Crippen MR) is 94.2 cm³/mol. The molecule has 6 nitrogen and oxygen atoms in total. The van der Waals surface area contributed by atoms with Gasteiger partial charge in [-0.15, -0.1) is 0 Å². The quantitative estimate of drug-likeness (QED) is 0.481. The van der Waals surface area contributed by atoms with Crippen molar-refractivity contribution in [1.29, 1.82) is 0 Å². The van der Waals surface area contributed by atoms with Crippen molar-refractivity contribution in [3.8, 4) is 0 Å². The molecule has 0 saturated carbocycles. The monoisotopic (exact) mass is 367 g/mol. The molecule has 0 bridgehead atoms. The molecule has 0 aliphatic heterocycles. The van der Waals surface area contributed by atoms with E-state index in [0.29, 0.717) is 16.3 Å². The van der Waals surface area contributed by atoms with E-state index in [0.717, 1.165) is 9.87 Å². The summed E-state index contributed by atoms with van der Waals surface area (Å²) < 4.78 is 27.0. The Balaban J connectivity index is 2.57. The number of hydrogen-bond donors (Lipinski definition) is 2. The predicted octanol–water partition coefficient (Wildman–Crippen LogP) is 2.14. The molecule has 0 heterocycles. The Morgan fingerprint density at radius 3 is 2.33 bits per heavy atom. The van der Waals surface area contributed by atoms with E-state index in [1.54, 1.807) is 37.3 Å². The number of carbonyl (C=O) groups is 1. The van der Waals surface area contributed by atoms with Crippen LogP contribution < -0.4 is 15.6 Å². The second-order valence-electron chi connectivity index (χ2n) is 5.32. The molecule has 0 radical (unpaired) electrons. The average molecular weight is 368 g/mol. The molecular formula is C16H18ClN3O3S. The number of halogens is 1. The molecule has 2 aromatic carbocycles. The fourth-order valence-corrected chi connectivity index (χ4v) is 3.92. The van der Waals surface area contributed by atoms with Crippen LogP contribution in [-0.2, 0) is 14.8 Å². The molecular weight excluding hydrogens is 350 g/mol. The number of carbonyl (C=O) groups excluding carboxylic acids is 1. The second-order valence-corrected chi connectivity index (χ2v) is 7.62. The van der Waals surface area contributed by atoms with Gasteiger partial charge in [-0.1, -0.05) is 29.3 Å². The van der Waals surface area contributed by atoms with E-state index >= 15 is 0 Å². The molecule has 3 N–H and O–H groups in total. The Kier molecular flexibility index (Phi) is 5.48. The van der Waals surface area contributed by atoms with Crippen LogP contribution in [0.25, 0.3) is 0 Å². The zero-order valence-electron chi connectivity index (χ0n) is 13.3. The summed E-state index contributed by atoms with van der Waals surface area (Å²) in [5.74, 6) is 4.50. The van der Waals surface area contributed by atoms with Gasteiger partial charge in [-0.05, 0) is 49.7 Å². The summed E-state index contributed by atoms with van der Waals surface area (Å²) in [6.45, 7) is 3.15. The summed E-state index contributed by atoms with van der Waals surface area (Å²) in [5.41, 5.74) is 3.88. The highest BCUT2D eigenvalue weighted by Gasteiger charge is 2.28. The smallest absolute Gasteiger partial charge is 0.264 e. The third-order valence-corrected chi connectivity index (χ3v) is 5.49. The molecule has 0 aliphatic rings. The maximum Gasteiger partial charge on any atom is 0.264 e. The van der Waals surface area contributed by atoms with Gasteiger partial charge in [-0.3, -0.25) is 14.5 Å². The lowest BCUT2D eigenvalue weighted by Gasteiger charge is -2.25. The number of hydrazine groups is 1. The lowest BCUT2D eigenvalue weighted by atomic mass is 10.2. The highest BCUT2D eigenvalue weighted by atomic mass is 35.5. The van der Waals surface area contributed by atoms with Crippen molar-refractivity contribution in [1.82, 2.24) is 5.43 Å². The van der Waals surface area contributed by atoms with Crippen LogP contribution in [0.4, 0.5) is 5.69 Å². The van der Waals surface area contributed by atoms with Crippen LogP contribution in [0.3, 0.4) is 0 Å². The summed E-state index contributed by atoms with van der Waals surface area (Å²) in [4.78, 5) is 11.8. The molecule has 128 valence electrons. The maximum atomic E-state index is 13.0. The van der Waals surface area contributed by atoms with E-state index in [-0.39, 0.29) is 4.90 Å². The first-order valence-electron chi connectivity index (χ1n) is 7.10. The van der Waals surface area contributed by atoms with Gasteiger partial charge in [0.05, 0.1) is 10.6 Å². The minimum atomic E-state index is -3.94. The molecule has 0 spiro atoms. The Hall–Kier alpha value is -2.09. The topological polar surface area (TPSA) is 92.5 Å². The van der Waals surface area contributed by atoms with Crippen LogP contribution in [-0.4, -0.2) is 20.9 Å². The van der Waals surface area contributed by atoms with Crippen LogP contribution in [0.15, 0.2) is 47.4 Å². The lowest BCUT2D eigenvalue weighted by molar-refractivity contribution is -0.119. The van der Waals surface area contributed by atoms with Crippen LogP contribution >= 0.6 is 11.6 Å². The molecule has 0 atom stereocenters. The van der Waals surface area contributed by atoms with Gasteiger partial charge < -0.3 is 0 Å². The van der Waals surface area contributed by atoms with E-state index in [1.165, 1.54) is 12.1 Å². The van der Waals surface area contributed by atoms with Crippen molar-refractivity contribution < 1.29 is 13.2 Å². The molecule has 0 saturated heterocycles. The van der Waals surface area contributed by atoms with Gasteiger partial charge in [-0.2, -0.15) is 0 Å². The van der Waals surface area contributed by atoms with Crippen molar-refractivity contribution in [2.45, 2.75) is 18.7 Å². The van der Waals surface area contributed by atoms with Gasteiger partial charge in [0, 0.05) is 5.02 Å². The third-order valence-electron chi connectivity index (χ3n) is 3.48. The maximum absolute atomic E-state index is 13.0. The fraction of sp³-hybridized carbons (Fsp3) is 0.188. The summed E-state index contributed by atoms with van der Waals surface area (Å²) in [7, 11) is -3.94. The van der Waals surface area contributed by atoms with E-state index in [2.05, 4.69) is 0 Å². The number of nitrogens with zero attached hydrogens (tertiary/aromatic N) is 1. The molecule has 24 heavy (non-hydrogen) atoms. The molecule has 0 aliphatic carbocycles. The number of benzene rings is 2. The molecule has 0 aromatic heterocycles. The Bertz CT molecular complexity index is 851. The number of sulfonamides is 1. The normalized spacial score (nSPS) is 11.2. The van der Waals surface area contributed by atoms with Crippen LogP contribution in [0.1, 0.15) is 11.1 Å². The zero-order valence-corrected chi connectivity index (χ0v) is 14.9. The minimum Gasteiger partial charge on any atom is -0.293 e. The van der Waals surface area contributed by atoms with E-state index in [4.69, 9.17) is 17.4 Å². The summed E-state index contributed by atoms with van der Waals surface area (Å²) >= 11 is 5.94. The number of hydrogen-bond acceptors (Lipinski definition) is 4. The molecule has 0 fully saturated rings. The van der Waals surface area contributed by atoms with Crippen molar-refractivity contribution >= 4 is 33.2 Å². The summed E-state index contributed by atoms with van der Waals surface area (Å²) in [5, 5.41) is 0.479. The van der Waals surface area contributed by atoms with Crippen LogP contribution in [0.2, 0.25) is 5.02 Å². The van der Waals surface area contributed by atoms with Gasteiger partial charge in [0.2, 0.25) is 0 Å². The largest absolute Gasteiger partial charge is 0.293 e. The van der Waals surface area contributed by atoms with Crippen LogP contribution in [0.5, 0.6) is 0 Å². The zero-order chi connectivity index (χ0) is 17.9. The highest BCUT2D eigenvalue weighted by Crippen LogP contribution is 2.28. The van der Waals surface area contributed by atoms with Gasteiger partial charge in [0.1, 0.15) is 6.54 Å². The minimum absolute atomic E-state index is 0.0901. The second kappa shape index (κ2) is 7.21. The molecule has 1 amide bonds. The van der Waals surface area contributed by atoms with Gasteiger partial charge in [0.15, 0.2) is 0 Å². The summed E-state index contributed by atoms with van der Waals surface area (Å²) in [6.07, 6.45) is 0. The number of anilines is 1. The van der Waals surface area contributed by atoms with Crippen molar-refractivity contribution in [2.24, 2.45) is 5.84 Å². The Morgan fingerprint density at radius 2 is 1.79 bits per heavy atom. The van der Waals surface area contributed by atoms with Crippen molar-refractivity contribution in [3.63, 3.8) is 0 Å². The summed E-state index contributed by atoms with van der Waals surface area (Å²) in [6, 6.07) is 11.2. The Labute approximate surface area is 146 Å². The number of nitrogens with two attached hydrogens (primary N) is 1. The lowest BCUT2D eigenvalue weighted by Crippen LogP contribution is -2.43. The first-order valence-corrected chi connectivity index (χ1v) is 8.92. The van der Waals surface area contributed by atoms with Gasteiger partial charge >= 0.3 is 0 Å². The van der Waals surface area contributed by atoms with Gasteiger partial charge in [0.25, 0.3) is 15.9 Å². The van der Waals surface area contributed by atoms with E-state index in [9.17, 15) is 13.2 Å². The van der Waals surface area contributed by atoms with E-state index in [1.807, 2.05) is 12.3 Å². The fourth-order valence-electron chi connectivity index (χ4n) is 2.21. The number of nitrogens with one attached hydrogen (secondary N) is 1. The molecule has 2 aromatic rings. The molecule has 8 heteroatoms. The standard InChI is InChI=1S/C16H18ClN3O3S/c1-11-3-6-14(7-4-11)24(22,23)20(10-16(21)19-18)15-8-5-13(17)9-12(15)2/h3-9H,10,18H2,1-2H3,(H,19,21).